The Hall–Kier alpha value is 0.452. The van der Waals surface area contributed by atoms with E-state index in [-0.39, 0.29) is 17.4 Å². The van der Waals surface area contributed by atoms with E-state index < -0.39 is 6.29 Å². The normalized spacial score (nSPS) is 12.4. The molecule has 0 amide bonds. The third-order valence-corrected chi connectivity index (χ3v) is 0.408. The van der Waals surface area contributed by atoms with E-state index in [1.54, 1.807) is 6.92 Å². The van der Waals surface area contributed by atoms with Gasteiger partial charge in [0.25, 0.3) is 0 Å². The first-order valence-electron chi connectivity index (χ1n) is 2.07. The Morgan fingerprint density at radius 2 is 2.14 bits per heavy atom. The molecule has 0 radical (unpaired) electrons. The molecule has 0 heterocycles. The SMILES string of the molecule is CCOC(C)O.[AlH3]. The first-order chi connectivity index (χ1) is 2.77. The molecule has 0 aliphatic rings. The second kappa shape index (κ2) is 6.45. The van der Waals surface area contributed by atoms with Crippen molar-refractivity contribution in [2.45, 2.75) is 20.1 Å². The summed E-state index contributed by atoms with van der Waals surface area (Å²) in [4.78, 5) is 0. The van der Waals surface area contributed by atoms with Gasteiger partial charge in [-0.05, 0) is 13.8 Å². The topological polar surface area (TPSA) is 29.5 Å². The Balaban J connectivity index is 0. The summed E-state index contributed by atoms with van der Waals surface area (Å²) < 4.78 is 4.60. The molecule has 0 aliphatic carbocycles. The van der Waals surface area contributed by atoms with Crippen molar-refractivity contribution in [3.63, 3.8) is 0 Å². The van der Waals surface area contributed by atoms with Crippen molar-refractivity contribution in [3.8, 4) is 0 Å². The zero-order chi connectivity index (χ0) is 4.99. The van der Waals surface area contributed by atoms with Gasteiger partial charge < -0.3 is 9.84 Å². The summed E-state index contributed by atoms with van der Waals surface area (Å²) in [6.07, 6.45) is -0.602. The lowest BCUT2D eigenvalue weighted by Crippen LogP contribution is -2.04. The van der Waals surface area contributed by atoms with Crippen LogP contribution in [0.5, 0.6) is 0 Å². The van der Waals surface area contributed by atoms with Crippen LogP contribution in [0, 0.1) is 0 Å². The van der Waals surface area contributed by atoms with Gasteiger partial charge in [-0.2, -0.15) is 0 Å². The van der Waals surface area contributed by atoms with E-state index in [2.05, 4.69) is 4.74 Å². The molecule has 0 aromatic heterocycles. The largest absolute Gasteiger partial charge is 0.368 e. The van der Waals surface area contributed by atoms with E-state index in [1.807, 2.05) is 6.92 Å². The van der Waals surface area contributed by atoms with Crippen molar-refractivity contribution in [1.29, 1.82) is 0 Å². The lowest BCUT2D eigenvalue weighted by atomic mass is 10.7. The van der Waals surface area contributed by atoms with Gasteiger partial charge in [-0.15, -0.1) is 0 Å². The fourth-order valence-corrected chi connectivity index (χ4v) is 0.241. The molecule has 0 aromatic rings. The molecule has 0 fully saturated rings. The minimum atomic E-state index is -0.602. The van der Waals surface area contributed by atoms with Gasteiger partial charge in [0, 0.05) is 6.61 Å². The Bertz CT molecular complexity index is 30.9. The highest BCUT2D eigenvalue weighted by Gasteiger charge is 1.85. The number of aliphatic hydroxyl groups is 1. The van der Waals surface area contributed by atoms with E-state index in [1.165, 1.54) is 0 Å². The molecule has 0 saturated heterocycles. The predicted molar refractivity (Wildman–Crippen MR) is 33.2 cm³/mol. The minimum absolute atomic E-state index is 0. The van der Waals surface area contributed by atoms with Crippen molar-refractivity contribution >= 4 is 17.4 Å². The maximum Gasteiger partial charge on any atom is 0.187 e. The zero-order valence-corrected chi connectivity index (χ0v) is 4.14. The van der Waals surface area contributed by atoms with E-state index in [4.69, 9.17) is 5.11 Å². The van der Waals surface area contributed by atoms with Crippen molar-refractivity contribution in [2.24, 2.45) is 0 Å². The molecular weight excluding hydrogens is 107 g/mol. The van der Waals surface area contributed by atoms with Crippen molar-refractivity contribution in [1.82, 2.24) is 0 Å². The third-order valence-electron chi connectivity index (χ3n) is 0.408. The smallest absolute Gasteiger partial charge is 0.187 e. The monoisotopic (exact) mass is 120 g/mol. The molecule has 0 saturated carbocycles. The van der Waals surface area contributed by atoms with E-state index >= 15 is 0 Å². The molecule has 1 N–H and O–H groups in total. The standard InChI is InChI=1S/C4H10O2.Al.3H/c1-3-6-4(2)5;;;;/h4-5H,3H2,1-2H3;;;;. The van der Waals surface area contributed by atoms with Gasteiger partial charge in [0.15, 0.2) is 23.7 Å². The quantitative estimate of drug-likeness (QED) is 0.381. The first-order valence-corrected chi connectivity index (χ1v) is 2.07. The van der Waals surface area contributed by atoms with Crippen LogP contribution < -0.4 is 0 Å². The molecule has 7 heavy (non-hydrogen) atoms. The van der Waals surface area contributed by atoms with Crippen molar-refractivity contribution in [3.05, 3.63) is 0 Å². The van der Waals surface area contributed by atoms with Gasteiger partial charge in [0.05, 0.1) is 0 Å². The average molecular weight is 120 g/mol. The van der Waals surface area contributed by atoms with Crippen LogP contribution in [0.2, 0.25) is 0 Å². The molecule has 0 bridgehead atoms. The van der Waals surface area contributed by atoms with Crippen LogP contribution in [0.3, 0.4) is 0 Å². The Morgan fingerprint density at radius 3 is 2.14 bits per heavy atom. The van der Waals surface area contributed by atoms with Gasteiger partial charge in [0.2, 0.25) is 0 Å². The molecule has 3 heteroatoms. The Labute approximate surface area is 54.6 Å². The molecule has 2 nitrogen and oxygen atoms in total. The van der Waals surface area contributed by atoms with Gasteiger partial charge in [0.1, 0.15) is 0 Å². The lowest BCUT2D eigenvalue weighted by Gasteiger charge is -1.99. The number of ether oxygens (including phenoxy) is 1. The summed E-state index contributed by atoms with van der Waals surface area (Å²) in [5, 5.41) is 8.33. The van der Waals surface area contributed by atoms with Crippen LogP contribution in [0.4, 0.5) is 0 Å². The molecule has 44 valence electrons. The second-order valence-corrected chi connectivity index (χ2v) is 1.05. The molecule has 1 unspecified atom stereocenters. The van der Waals surface area contributed by atoms with E-state index in [0.29, 0.717) is 6.61 Å². The van der Waals surface area contributed by atoms with Gasteiger partial charge >= 0.3 is 0 Å². The van der Waals surface area contributed by atoms with E-state index in [0.717, 1.165) is 0 Å². The van der Waals surface area contributed by atoms with Crippen LogP contribution in [0.15, 0.2) is 0 Å². The first kappa shape index (κ1) is 10.4. The summed E-state index contributed by atoms with van der Waals surface area (Å²) in [5.74, 6) is 0. The number of hydrogen-bond donors (Lipinski definition) is 1. The highest BCUT2D eigenvalue weighted by Crippen LogP contribution is 1.78. The van der Waals surface area contributed by atoms with Crippen LogP contribution in [-0.2, 0) is 4.74 Å². The Kier molecular flexibility index (Phi) is 9.62. The van der Waals surface area contributed by atoms with Gasteiger partial charge in [-0.25, -0.2) is 0 Å². The van der Waals surface area contributed by atoms with E-state index in [9.17, 15) is 0 Å². The van der Waals surface area contributed by atoms with Crippen LogP contribution in [0.25, 0.3) is 0 Å². The molecule has 0 rings (SSSR count). The average Bonchev–Trinajstić information content (AvgIpc) is 1.35. The van der Waals surface area contributed by atoms with Crippen molar-refractivity contribution < 1.29 is 9.84 Å². The highest BCUT2D eigenvalue weighted by atomic mass is 27.0. The van der Waals surface area contributed by atoms with Crippen molar-refractivity contribution in [2.75, 3.05) is 6.61 Å². The van der Waals surface area contributed by atoms with Gasteiger partial charge in [-0.1, -0.05) is 0 Å². The highest BCUT2D eigenvalue weighted by molar-refractivity contribution is 5.75. The zero-order valence-electron chi connectivity index (χ0n) is 4.14. The Morgan fingerprint density at radius 1 is 1.71 bits per heavy atom. The maximum atomic E-state index is 8.33. The summed E-state index contributed by atoms with van der Waals surface area (Å²) in [5.41, 5.74) is 0. The number of rotatable bonds is 2. The fourth-order valence-electron chi connectivity index (χ4n) is 0.241. The summed E-state index contributed by atoms with van der Waals surface area (Å²) >= 11 is 0. The van der Waals surface area contributed by atoms with Crippen LogP contribution in [0.1, 0.15) is 13.8 Å². The fraction of sp³-hybridized carbons (Fsp3) is 1.00. The summed E-state index contributed by atoms with van der Waals surface area (Å²) in [6, 6.07) is 0. The van der Waals surface area contributed by atoms with Crippen LogP contribution in [-0.4, -0.2) is 35.4 Å². The molecule has 0 aliphatic heterocycles. The van der Waals surface area contributed by atoms with Gasteiger partial charge in [-0.3, -0.25) is 0 Å². The maximum absolute atomic E-state index is 8.33. The molecular formula is C4H13AlO2. The summed E-state index contributed by atoms with van der Waals surface area (Å²) in [7, 11) is 0. The summed E-state index contributed by atoms with van der Waals surface area (Å²) in [6.45, 7) is 4.01. The minimum Gasteiger partial charge on any atom is -0.368 e. The number of aliphatic hydroxyl groups excluding tert-OH is 1. The molecule has 0 spiro atoms. The second-order valence-electron chi connectivity index (χ2n) is 1.05. The van der Waals surface area contributed by atoms with Crippen LogP contribution >= 0.6 is 0 Å². The third kappa shape index (κ3) is 10.7. The molecule has 1 atom stereocenters. The lowest BCUT2D eigenvalue weighted by molar-refractivity contribution is -0.0800. The molecule has 0 aromatic carbocycles. The number of hydrogen-bond acceptors (Lipinski definition) is 2. The predicted octanol–water partition coefficient (Wildman–Crippen LogP) is -0.823.